The Hall–Kier alpha value is -5.13. The molecular formula is C23H15N3O9. The maximum atomic E-state index is 13.0. The van der Waals surface area contributed by atoms with Crippen molar-refractivity contribution in [1.82, 2.24) is 10.6 Å². The number of hydrogen-bond donors (Lipinski definition) is 2. The highest BCUT2D eigenvalue weighted by atomic mass is 16.6. The van der Waals surface area contributed by atoms with Crippen molar-refractivity contribution in [2.75, 3.05) is 6.61 Å². The Balaban J connectivity index is 1.49. The van der Waals surface area contributed by atoms with Gasteiger partial charge >= 0.3 is 12.0 Å². The highest BCUT2D eigenvalue weighted by molar-refractivity contribution is 6.30. The predicted molar refractivity (Wildman–Crippen MR) is 116 cm³/mol. The van der Waals surface area contributed by atoms with Crippen molar-refractivity contribution >= 4 is 35.2 Å². The van der Waals surface area contributed by atoms with Gasteiger partial charge in [-0.05, 0) is 24.3 Å². The number of nitrogens with one attached hydrogen (secondary N) is 2. The number of esters is 1. The summed E-state index contributed by atoms with van der Waals surface area (Å²) in [6.45, 7) is -0.931. The fourth-order valence-electron chi connectivity index (χ4n) is 3.52. The SMILES string of the molecule is O=C(COC(=O)c1ccc2c(c1[N+](=O)[O-])C(=O)c1ccccc1C2=O)NC(=O)NCc1ccco1. The number of carbonyl (C=O) groups is 5. The molecule has 0 radical (unpaired) electrons. The molecule has 3 amide bonds. The highest BCUT2D eigenvalue weighted by Gasteiger charge is 2.39. The first kappa shape index (κ1) is 23.0. The quantitative estimate of drug-likeness (QED) is 0.239. The van der Waals surface area contributed by atoms with Crippen LogP contribution in [-0.2, 0) is 16.1 Å². The minimum absolute atomic E-state index is 0.00307. The third kappa shape index (κ3) is 4.53. The Morgan fingerprint density at radius 1 is 0.943 bits per heavy atom. The number of nitro benzene ring substituents is 1. The molecule has 1 aliphatic rings. The third-order valence-corrected chi connectivity index (χ3v) is 5.06. The summed E-state index contributed by atoms with van der Waals surface area (Å²) in [5.41, 5.74) is -2.21. The number of furan rings is 1. The first-order valence-electron chi connectivity index (χ1n) is 10.0. The summed E-state index contributed by atoms with van der Waals surface area (Å²) < 4.78 is 9.83. The van der Waals surface area contributed by atoms with Crippen molar-refractivity contribution in [2.45, 2.75) is 6.54 Å². The lowest BCUT2D eigenvalue weighted by molar-refractivity contribution is -0.385. The summed E-state index contributed by atoms with van der Waals surface area (Å²) in [4.78, 5) is 72.8. The number of fused-ring (bicyclic) bond motifs is 2. The molecular weight excluding hydrogens is 462 g/mol. The molecule has 176 valence electrons. The lowest BCUT2D eigenvalue weighted by atomic mass is 9.82. The zero-order valence-corrected chi connectivity index (χ0v) is 17.7. The maximum Gasteiger partial charge on any atom is 0.345 e. The van der Waals surface area contributed by atoms with Gasteiger partial charge in [0.15, 0.2) is 12.4 Å². The number of ether oxygens (including phenoxy) is 1. The molecule has 3 aromatic rings. The number of urea groups is 1. The first-order valence-corrected chi connectivity index (χ1v) is 10.0. The number of nitrogens with zero attached hydrogens (tertiary/aromatic N) is 1. The van der Waals surface area contributed by atoms with E-state index in [2.05, 4.69) is 5.32 Å². The van der Waals surface area contributed by atoms with E-state index in [0.29, 0.717) is 5.76 Å². The van der Waals surface area contributed by atoms with E-state index in [-0.39, 0.29) is 23.2 Å². The van der Waals surface area contributed by atoms with Crippen LogP contribution in [0, 0.1) is 10.1 Å². The second-order valence-corrected chi connectivity index (χ2v) is 7.23. The summed E-state index contributed by atoms with van der Waals surface area (Å²) in [7, 11) is 0. The molecule has 0 spiro atoms. The van der Waals surface area contributed by atoms with Gasteiger partial charge < -0.3 is 14.5 Å². The molecule has 12 nitrogen and oxygen atoms in total. The van der Waals surface area contributed by atoms with Gasteiger partial charge in [0, 0.05) is 16.7 Å². The van der Waals surface area contributed by atoms with Crippen LogP contribution < -0.4 is 10.6 Å². The molecule has 2 aromatic carbocycles. The number of rotatable bonds is 6. The van der Waals surface area contributed by atoms with Crippen LogP contribution in [0.5, 0.6) is 0 Å². The standard InChI is InChI=1S/C23H15N3O9/c27-17(25-23(31)24-10-12-4-3-9-34-12)11-35-22(30)16-8-7-15-18(19(16)26(32)33)21(29)14-6-2-1-5-13(14)20(15)28/h1-9H,10-11H2,(H2,24,25,27,31). The number of carbonyl (C=O) groups excluding carboxylic acids is 5. The fourth-order valence-corrected chi connectivity index (χ4v) is 3.52. The van der Waals surface area contributed by atoms with Crippen LogP contribution in [0.3, 0.4) is 0 Å². The van der Waals surface area contributed by atoms with Gasteiger partial charge in [0.1, 0.15) is 16.9 Å². The molecule has 0 saturated heterocycles. The van der Waals surface area contributed by atoms with Crippen LogP contribution in [0.15, 0.2) is 59.2 Å². The van der Waals surface area contributed by atoms with Gasteiger partial charge in [-0.15, -0.1) is 0 Å². The Morgan fingerprint density at radius 3 is 2.31 bits per heavy atom. The topological polar surface area (TPSA) is 175 Å². The number of nitro groups is 1. The van der Waals surface area contributed by atoms with Gasteiger partial charge in [-0.1, -0.05) is 24.3 Å². The monoisotopic (exact) mass is 477 g/mol. The summed E-state index contributed by atoms with van der Waals surface area (Å²) in [6, 6.07) is 10.3. The first-order chi connectivity index (χ1) is 16.8. The second-order valence-electron chi connectivity index (χ2n) is 7.23. The van der Waals surface area contributed by atoms with Crippen molar-refractivity contribution in [3.8, 4) is 0 Å². The van der Waals surface area contributed by atoms with E-state index < -0.39 is 57.8 Å². The third-order valence-electron chi connectivity index (χ3n) is 5.06. The maximum absolute atomic E-state index is 13.0. The molecule has 12 heteroatoms. The highest BCUT2D eigenvalue weighted by Crippen LogP contribution is 2.35. The van der Waals surface area contributed by atoms with Crippen LogP contribution in [0.25, 0.3) is 0 Å². The zero-order valence-electron chi connectivity index (χ0n) is 17.7. The molecule has 1 heterocycles. The molecule has 0 fully saturated rings. The largest absolute Gasteiger partial charge is 0.467 e. The van der Waals surface area contributed by atoms with E-state index in [0.717, 1.165) is 12.1 Å². The average molecular weight is 477 g/mol. The fraction of sp³-hybridized carbons (Fsp3) is 0.0870. The summed E-state index contributed by atoms with van der Waals surface area (Å²) in [6.07, 6.45) is 1.40. The van der Waals surface area contributed by atoms with Crippen molar-refractivity contribution in [1.29, 1.82) is 0 Å². The minimum atomic E-state index is -1.29. The molecule has 0 aliphatic heterocycles. The van der Waals surface area contributed by atoms with Gasteiger partial charge in [0.2, 0.25) is 5.78 Å². The Morgan fingerprint density at radius 2 is 1.66 bits per heavy atom. The van der Waals surface area contributed by atoms with Gasteiger partial charge in [0.05, 0.1) is 17.7 Å². The van der Waals surface area contributed by atoms with Gasteiger partial charge in [-0.3, -0.25) is 29.8 Å². The Bertz CT molecular complexity index is 1390. The van der Waals surface area contributed by atoms with Gasteiger partial charge in [-0.25, -0.2) is 9.59 Å². The minimum Gasteiger partial charge on any atom is -0.467 e. The number of hydrogen-bond acceptors (Lipinski definition) is 9. The summed E-state index contributed by atoms with van der Waals surface area (Å²) in [5.74, 6) is -3.24. The molecule has 0 bridgehead atoms. The van der Waals surface area contributed by atoms with Crippen molar-refractivity contribution in [2.24, 2.45) is 0 Å². The average Bonchev–Trinajstić information content (AvgIpc) is 3.37. The van der Waals surface area contributed by atoms with E-state index in [9.17, 15) is 34.1 Å². The lowest BCUT2D eigenvalue weighted by Crippen LogP contribution is -2.41. The van der Waals surface area contributed by atoms with Gasteiger partial charge in [-0.2, -0.15) is 0 Å². The molecule has 2 N–H and O–H groups in total. The van der Waals surface area contributed by atoms with E-state index >= 15 is 0 Å². The molecule has 0 atom stereocenters. The van der Waals surface area contributed by atoms with Crippen LogP contribution in [0.1, 0.15) is 48.0 Å². The van der Waals surface area contributed by atoms with Crippen LogP contribution in [0.4, 0.5) is 10.5 Å². The van der Waals surface area contributed by atoms with Gasteiger partial charge in [0.25, 0.3) is 11.6 Å². The van der Waals surface area contributed by atoms with Crippen LogP contribution in [0.2, 0.25) is 0 Å². The lowest BCUT2D eigenvalue weighted by Gasteiger charge is -2.18. The summed E-state index contributed by atoms with van der Waals surface area (Å²) >= 11 is 0. The van der Waals surface area contributed by atoms with E-state index in [1.54, 1.807) is 18.2 Å². The van der Waals surface area contributed by atoms with Crippen molar-refractivity contribution in [3.05, 3.63) is 98.5 Å². The van der Waals surface area contributed by atoms with Crippen LogP contribution >= 0.6 is 0 Å². The van der Waals surface area contributed by atoms with Crippen molar-refractivity contribution < 1.29 is 38.1 Å². The number of ketones is 2. The van der Waals surface area contributed by atoms with Crippen LogP contribution in [-0.4, -0.2) is 41.0 Å². The number of benzene rings is 2. The van der Waals surface area contributed by atoms with E-state index in [1.807, 2.05) is 5.32 Å². The smallest absolute Gasteiger partial charge is 0.345 e. The second kappa shape index (κ2) is 9.39. The van der Waals surface area contributed by atoms with E-state index in [4.69, 9.17) is 9.15 Å². The molecule has 4 rings (SSSR count). The molecule has 1 aliphatic carbocycles. The molecule has 35 heavy (non-hydrogen) atoms. The van der Waals surface area contributed by atoms with Crippen molar-refractivity contribution in [3.63, 3.8) is 0 Å². The number of imide groups is 1. The molecule has 0 saturated carbocycles. The predicted octanol–water partition coefficient (Wildman–Crippen LogP) is 2.15. The van der Waals surface area contributed by atoms with E-state index in [1.165, 1.54) is 24.5 Å². The number of amides is 3. The molecule has 1 aromatic heterocycles. The summed E-state index contributed by atoms with van der Waals surface area (Å²) in [5, 5.41) is 16.1. The Kier molecular flexibility index (Phi) is 6.18. The molecule has 0 unspecified atom stereocenters. The normalized spacial score (nSPS) is 11.8. The zero-order chi connectivity index (χ0) is 25.1. The Labute approximate surface area is 196 Å².